The Balaban J connectivity index is 2.24. The van der Waals surface area contributed by atoms with Crippen molar-refractivity contribution >= 4 is 5.91 Å². The van der Waals surface area contributed by atoms with Gasteiger partial charge in [0, 0.05) is 45.8 Å². The van der Waals surface area contributed by atoms with Crippen molar-refractivity contribution in [1.29, 1.82) is 0 Å². The molecule has 0 spiro atoms. The zero-order valence-electron chi connectivity index (χ0n) is 10.9. The number of ether oxygens (including phenoxy) is 1. The molecule has 1 rings (SSSR count). The average molecular weight is 243 g/mol. The lowest BCUT2D eigenvalue weighted by molar-refractivity contribution is -0.120. The number of hydrogen-bond acceptors (Lipinski definition) is 4. The first-order valence-corrected chi connectivity index (χ1v) is 6.46. The normalized spacial score (nSPS) is 20.2. The second-order valence-electron chi connectivity index (χ2n) is 4.59. The summed E-state index contributed by atoms with van der Waals surface area (Å²) in [6.45, 7) is 7.77. The molecule has 0 radical (unpaired) electrons. The first-order valence-electron chi connectivity index (χ1n) is 6.46. The molecule has 5 heteroatoms. The number of piperidine rings is 1. The summed E-state index contributed by atoms with van der Waals surface area (Å²) in [6.07, 6.45) is 2.17. The first kappa shape index (κ1) is 14.4. The second kappa shape index (κ2) is 7.63. The summed E-state index contributed by atoms with van der Waals surface area (Å²) in [7, 11) is 0. The van der Waals surface area contributed by atoms with Gasteiger partial charge in [0.05, 0.1) is 6.10 Å². The van der Waals surface area contributed by atoms with Gasteiger partial charge in [-0.2, -0.15) is 0 Å². The summed E-state index contributed by atoms with van der Waals surface area (Å²) >= 11 is 0. The topological polar surface area (TPSA) is 67.6 Å². The lowest BCUT2D eigenvalue weighted by atomic mass is 10.0. The van der Waals surface area contributed by atoms with E-state index in [1.54, 1.807) is 6.92 Å². The third-order valence-electron chi connectivity index (χ3n) is 3.12. The predicted octanol–water partition coefficient (Wildman–Crippen LogP) is -0.0493. The number of hydrogen-bond donors (Lipinski definition) is 2. The molecule has 17 heavy (non-hydrogen) atoms. The van der Waals surface area contributed by atoms with Crippen LogP contribution in [0.5, 0.6) is 0 Å². The highest BCUT2D eigenvalue weighted by Gasteiger charge is 2.21. The smallest absolute Gasteiger partial charge is 0.217 e. The van der Waals surface area contributed by atoms with Crippen LogP contribution in [0.4, 0.5) is 0 Å². The van der Waals surface area contributed by atoms with Gasteiger partial charge in [-0.05, 0) is 19.8 Å². The summed E-state index contributed by atoms with van der Waals surface area (Å²) in [5.74, 6) is 0.0672. The van der Waals surface area contributed by atoms with E-state index in [4.69, 9.17) is 10.5 Å². The van der Waals surface area contributed by atoms with Crippen LogP contribution in [-0.4, -0.2) is 55.7 Å². The highest BCUT2D eigenvalue weighted by molar-refractivity contribution is 5.73. The molecule has 1 atom stereocenters. The molecule has 1 amide bonds. The Hall–Kier alpha value is -0.650. The highest BCUT2D eigenvalue weighted by atomic mass is 16.5. The zero-order valence-corrected chi connectivity index (χ0v) is 10.9. The van der Waals surface area contributed by atoms with Crippen molar-refractivity contribution in [3.05, 3.63) is 0 Å². The van der Waals surface area contributed by atoms with E-state index in [2.05, 4.69) is 10.2 Å². The Morgan fingerprint density at radius 3 is 2.65 bits per heavy atom. The molecule has 100 valence electrons. The molecule has 3 N–H and O–H groups in total. The maximum absolute atomic E-state index is 10.9. The maximum Gasteiger partial charge on any atom is 0.217 e. The highest BCUT2D eigenvalue weighted by Crippen LogP contribution is 2.11. The van der Waals surface area contributed by atoms with E-state index >= 15 is 0 Å². The van der Waals surface area contributed by atoms with Gasteiger partial charge in [-0.1, -0.05) is 0 Å². The third kappa shape index (κ3) is 5.48. The second-order valence-corrected chi connectivity index (χ2v) is 4.59. The van der Waals surface area contributed by atoms with Crippen molar-refractivity contribution in [2.75, 3.05) is 32.8 Å². The summed E-state index contributed by atoms with van der Waals surface area (Å²) in [6, 6.07) is 0.340. The Labute approximate surface area is 104 Å². The first-order chi connectivity index (χ1) is 8.15. The SMILES string of the molecule is CCOC(CN)CN1CCC(NC(C)=O)CC1. The molecule has 1 unspecified atom stereocenters. The lowest BCUT2D eigenvalue weighted by Crippen LogP contribution is -2.47. The van der Waals surface area contributed by atoms with Gasteiger partial charge in [-0.15, -0.1) is 0 Å². The van der Waals surface area contributed by atoms with Gasteiger partial charge < -0.3 is 20.7 Å². The quantitative estimate of drug-likeness (QED) is 0.686. The van der Waals surface area contributed by atoms with E-state index in [0.717, 1.165) is 32.5 Å². The summed E-state index contributed by atoms with van der Waals surface area (Å²) in [4.78, 5) is 13.3. The van der Waals surface area contributed by atoms with E-state index in [0.29, 0.717) is 19.2 Å². The number of carbonyl (C=O) groups excluding carboxylic acids is 1. The van der Waals surface area contributed by atoms with Crippen LogP contribution in [0.15, 0.2) is 0 Å². The fourth-order valence-electron chi connectivity index (χ4n) is 2.27. The van der Waals surface area contributed by atoms with Crippen molar-refractivity contribution < 1.29 is 9.53 Å². The Kier molecular flexibility index (Phi) is 6.47. The van der Waals surface area contributed by atoms with E-state index in [1.165, 1.54) is 0 Å². The van der Waals surface area contributed by atoms with Gasteiger partial charge in [-0.3, -0.25) is 4.79 Å². The number of nitrogens with two attached hydrogens (primary N) is 1. The van der Waals surface area contributed by atoms with Crippen LogP contribution in [-0.2, 0) is 9.53 Å². The molecule has 1 aliphatic heterocycles. The van der Waals surface area contributed by atoms with Crippen LogP contribution in [0.1, 0.15) is 26.7 Å². The Morgan fingerprint density at radius 2 is 2.18 bits per heavy atom. The van der Waals surface area contributed by atoms with Crippen LogP contribution < -0.4 is 11.1 Å². The number of carbonyl (C=O) groups is 1. The molecule has 1 heterocycles. The van der Waals surface area contributed by atoms with Gasteiger partial charge in [0.25, 0.3) is 0 Å². The van der Waals surface area contributed by atoms with Crippen molar-refractivity contribution in [2.45, 2.75) is 38.8 Å². The number of nitrogens with zero attached hydrogens (tertiary/aromatic N) is 1. The molecular weight excluding hydrogens is 218 g/mol. The minimum atomic E-state index is 0.0672. The minimum absolute atomic E-state index is 0.0672. The molecule has 0 bridgehead atoms. The predicted molar refractivity (Wildman–Crippen MR) is 67.7 cm³/mol. The van der Waals surface area contributed by atoms with Gasteiger partial charge in [-0.25, -0.2) is 0 Å². The van der Waals surface area contributed by atoms with E-state index in [1.807, 2.05) is 6.92 Å². The molecule has 5 nitrogen and oxygen atoms in total. The molecule has 0 aromatic carbocycles. The van der Waals surface area contributed by atoms with Gasteiger partial charge in [0.2, 0.25) is 5.91 Å². The van der Waals surface area contributed by atoms with Crippen molar-refractivity contribution in [1.82, 2.24) is 10.2 Å². The number of nitrogens with one attached hydrogen (secondary N) is 1. The van der Waals surface area contributed by atoms with Crippen molar-refractivity contribution in [2.24, 2.45) is 5.73 Å². The standard InChI is InChI=1S/C12H25N3O2/c1-3-17-12(8-13)9-15-6-4-11(5-7-15)14-10(2)16/h11-12H,3-9,13H2,1-2H3,(H,14,16). The zero-order chi connectivity index (χ0) is 12.7. The average Bonchev–Trinajstić information content (AvgIpc) is 2.30. The molecular formula is C12H25N3O2. The van der Waals surface area contributed by atoms with E-state index in [9.17, 15) is 4.79 Å². The van der Waals surface area contributed by atoms with E-state index in [-0.39, 0.29) is 12.0 Å². The number of likely N-dealkylation sites (tertiary alicyclic amines) is 1. The molecule has 0 aliphatic carbocycles. The van der Waals surface area contributed by atoms with Gasteiger partial charge >= 0.3 is 0 Å². The summed E-state index contributed by atoms with van der Waals surface area (Å²) in [5, 5.41) is 2.97. The summed E-state index contributed by atoms with van der Waals surface area (Å²) < 4.78 is 5.55. The van der Waals surface area contributed by atoms with Gasteiger partial charge in [0.1, 0.15) is 0 Å². The van der Waals surface area contributed by atoms with Crippen LogP contribution in [0.2, 0.25) is 0 Å². The Bertz CT molecular complexity index is 228. The van der Waals surface area contributed by atoms with Crippen molar-refractivity contribution in [3.63, 3.8) is 0 Å². The Morgan fingerprint density at radius 1 is 1.53 bits per heavy atom. The maximum atomic E-state index is 10.9. The number of rotatable bonds is 6. The molecule has 0 aromatic heterocycles. The van der Waals surface area contributed by atoms with E-state index < -0.39 is 0 Å². The van der Waals surface area contributed by atoms with Crippen LogP contribution in [0, 0.1) is 0 Å². The molecule has 0 aromatic rings. The monoisotopic (exact) mass is 243 g/mol. The lowest BCUT2D eigenvalue weighted by Gasteiger charge is -2.34. The molecule has 1 aliphatic rings. The molecule has 0 saturated carbocycles. The minimum Gasteiger partial charge on any atom is -0.376 e. The van der Waals surface area contributed by atoms with Crippen LogP contribution >= 0.6 is 0 Å². The molecule has 1 saturated heterocycles. The fraction of sp³-hybridized carbons (Fsp3) is 0.917. The van der Waals surface area contributed by atoms with Crippen LogP contribution in [0.25, 0.3) is 0 Å². The number of amides is 1. The summed E-state index contributed by atoms with van der Waals surface area (Å²) in [5.41, 5.74) is 5.66. The van der Waals surface area contributed by atoms with Crippen molar-refractivity contribution in [3.8, 4) is 0 Å². The largest absolute Gasteiger partial charge is 0.376 e. The van der Waals surface area contributed by atoms with Gasteiger partial charge in [0.15, 0.2) is 0 Å². The van der Waals surface area contributed by atoms with Crippen LogP contribution in [0.3, 0.4) is 0 Å². The fourth-order valence-corrected chi connectivity index (χ4v) is 2.27. The molecule has 1 fully saturated rings. The third-order valence-corrected chi connectivity index (χ3v) is 3.12.